The van der Waals surface area contributed by atoms with Crippen LogP contribution < -0.4 is 9.62 Å². The molecule has 158 valence electrons. The van der Waals surface area contributed by atoms with Crippen molar-refractivity contribution in [1.29, 1.82) is 0 Å². The molecule has 0 unspecified atom stereocenters. The topological polar surface area (TPSA) is 79.6 Å². The molecular formula is C23H19BrN2O4S. The lowest BCUT2D eigenvalue weighted by Crippen LogP contribution is -2.30. The number of furan rings is 1. The van der Waals surface area contributed by atoms with Crippen molar-refractivity contribution in [3.8, 4) is 11.1 Å². The summed E-state index contributed by atoms with van der Waals surface area (Å²) in [6.45, 7) is 0. The summed E-state index contributed by atoms with van der Waals surface area (Å²) in [4.78, 5) is 14.7. The minimum atomic E-state index is -4.14. The van der Waals surface area contributed by atoms with Gasteiger partial charge >= 0.3 is 5.91 Å². The molecule has 0 atom stereocenters. The Balaban J connectivity index is 1.69. The summed E-state index contributed by atoms with van der Waals surface area (Å²) in [5.41, 5.74) is 2.59. The molecule has 4 aromatic rings. The van der Waals surface area contributed by atoms with Gasteiger partial charge < -0.3 is 9.32 Å². The lowest BCUT2D eigenvalue weighted by Gasteiger charge is -2.14. The Labute approximate surface area is 188 Å². The van der Waals surface area contributed by atoms with Crippen molar-refractivity contribution in [3.05, 3.63) is 83.0 Å². The maximum Gasteiger partial charge on any atom is 0.300 e. The summed E-state index contributed by atoms with van der Waals surface area (Å²) in [6, 6.07) is 20.9. The van der Waals surface area contributed by atoms with E-state index in [0.29, 0.717) is 21.0 Å². The summed E-state index contributed by atoms with van der Waals surface area (Å²) in [5, 5.41) is 0.685. The fourth-order valence-electron chi connectivity index (χ4n) is 3.30. The van der Waals surface area contributed by atoms with Gasteiger partial charge in [0.15, 0.2) is 11.3 Å². The lowest BCUT2D eigenvalue weighted by atomic mass is 10.1. The van der Waals surface area contributed by atoms with Crippen LogP contribution in [0.15, 0.2) is 86.6 Å². The molecule has 31 heavy (non-hydrogen) atoms. The van der Waals surface area contributed by atoms with Crippen molar-refractivity contribution < 1.29 is 17.6 Å². The van der Waals surface area contributed by atoms with Gasteiger partial charge in [-0.15, -0.1) is 0 Å². The zero-order chi connectivity index (χ0) is 22.2. The molecule has 6 nitrogen and oxygen atoms in total. The Bertz CT molecular complexity index is 1380. The van der Waals surface area contributed by atoms with Gasteiger partial charge in [-0.3, -0.25) is 4.79 Å². The molecule has 1 aromatic heterocycles. The van der Waals surface area contributed by atoms with Crippen LogP contribution in [0.2, 0.25) is 0 Å². The summed E-state index contributed by atoms with van der Waals surface area (Å²) < 4.78 is 34.6. The van der Waals surface area contributed by atoms with Crippen molar-refractivity contribution >= 4 is 48.5 Å². The minimum Gasteiger partial charge on any atom is -0.450 e. The number of hydrogen-bond acceptors (Lipinski definition) is 5. The van der Waals surface area contributed by atoms with Gasteiger partial charge in [0, 0.05) is 25.0 Å². The third-order valence-corrected chi connectivity index (χ3v) is 6.96. The molecule has 8 heteroatoms. The van der Waals surface area contributed by atoms with Crippen molar-refractivity contribution in [2.75, 3.05) is 19.0 Å². The fraction of sp³-hybridized carbons (Fsp3) is 0.0870. The highest BCUT2D eigenvalue weighted by Gasteiger charge is 2.25. The molecule has 1 heterocycles. The van der Waals surface area contributed by atoms with Gasteiger partial charge in [-0.25, -0.2) is 13.1 Å². The van der Waals surface area contributed by atoms with E-state index in [1.54, 1.807) is 18.2 Å². The normalized spacial score (nSPS) is 11.5. The molecule has 3 aromatic carbocycles. The van der Waals surface area contributed by atoms with E-state index in [0.717, 1.165) is 11.3 Å². The van der Waals surface area contributed by atoms with Crippen LogP contribution >= 0.6 is 15.9 Å². The minimum absolute atomic E-state index is 0.0155. The first-order valence-electron chi connectivity index (χ1n) is 9.39. The van der Waals surface area contributed by atoms with Crippen LogP contribution in [0, 0.1) is 0 Å². The van der Waals surface area contributed by atoms with E-state index in [2.05, 4.69) is 20.7 Å². The molecule has 4 rings (SSSR count). The van der Waals surface area contributed by atoms with E-state index < -0.39 is 15.9 Å². The van der Waals surface area contributed by atoms with Gasteiger partial charge in [0.05, 0.1) is 15.1 Å². The molecule has 0 aliphatic rings. The SMILES string of the molecule is CN(C)c1ccc2cc(C(=O)NS(=O)(=O)c3ccccc3-c3ccccc3)oc2c1Br. The number of halogens is 1. The summed E-state index contributed by atoms with van der Waals surface area (Å²) in [6.07, 6.45) is 0. The standard InChI is InChI=1S/C23H19BrN2O4S/c1-26(2)18-13-12-16-14-19(30-22(16)21(18)24)23(27)25-31(28,29)20-11-7-6-10-17(20)15-8-4-3-5-9-15/h3-14H,1-2H3,(H,25,27). The van der Waals surface area contributed by atoms with Crippen LogP contribution in [-0.2, 0) is 10.0 Å². The third-order valence-electron chi connectivity index (χ3n) is 4.80. The monoisotopic (exact) mass is 498 g/mol. The van der Waals surface area contributed by atoms with E-state index in [4.69, 9.17) is 4.42 Å². The maximum atomic E-state index is 13.0. The summed E-state index contributed by atoms with van der Waals surface area (Å²) >= 11 is 3.49. The zero-order valence-electron chi connectivity index (χ0n) is 16.8. The molecule has 0 saturated heterocycles. The summed E-state index contributed by atoms with van der Waals surface area (Å²) in [5.74, 6) is -0.926. The van der Waals surface area contributed by atoms with Gasteiger partial charge in [0.1, 0.15) is 0 Å². The zero-order valence-corrected chi connectivity index (χ0v) is 19.2. The first kappa shape index (κ1) is 21.1. The number of sulfonamides is 1. The van der Waals surface area contributed by atoms with Crippen molar-refractivity contribution in [2.45, 2.75) is 4.90 Å². The highest BCUT2D eigenvalue weighted by Crippen LogP contribution is 2.35. The van der Waals surface area contributed by atoms with Crippen LogP contribution in [-0.4, -0.2) is 28.4 Å². The lowest BCUT2D eigenvalue weighted by molar-refractivity contribution is 0.0956. The molecule has 0 saturated carbocycles. The molecule has 0 aliphatic heterocycles. The predicted octanol–water partition coefficient (Wildman–Crippen LogP) is 5.05. The molecule has 1 amide bonds. The first-order chi connectivity index (χ1) is 14.8. The van der Waals surface area contributed by atoms with Crippen LogP contribution in [0.25, 0.3) is 22.1 Å². The third kappa shape index (κ3) is 4.08. The van der Waals surface area contributed by atoms with Crippen LogP contribution in [0.4, 0.5) is 5.69 Å². The van der Waals surface area contributed by atoms with Crippen LogP contribution in [0.5, 0.6) is 0 Å². The molecule has 0 fully saturated rings. The van der Waals surface area contributed by atoms with Crippen molar-refractivity contribution in [2.24, 2.45) is 0 Å². The highest BCUT2D eigenvalue weighted by atomic mass is 79.9. The van der Waals surface area contributed by atoms with Gasteiger partial charge in [0.25, 0.3) is 10.0 Å². The Morgan fingerprint density at radius 3 is 2.35 bits per heavy atom. The Morgan fingerprint density at radius 2 is 1.65 bits per heavy atom. The Kier molecular flexibility index (Phi) is 5.60. The number of benzene rings is 3. The number of carbonyl (C=O) groups excluding carboxylic acids is 1. The number of carbonyl (C=O) groups is 1. The number of amides is 1. The number of nitrogens with one attached hydrogen (secondary N) is 1. The molecule has 1 N–H and O–H groups in total. The van der Waals surface area contributed by atoms with E-state index in [9.17, 15) is 13.2 Å². The first-order valence-corrected chi connectivity index (χ1v) is 11.7. The Morgan fingerprint density at radius 1 is 0.968 bits per heavy atom. The van der Waals surface area contributed by atoms with E-state index >= 15 is 0 Å². The van der Waals surface area contributed by atoms with Gasteiger partial charge in [-0.05, 0) is 45.8 Å². The number of nitrogens with zero attached hydrogens (tertiary/aromatic N) is 1. The van der Waals surface area contributed by atoms with Gasteiger partial charge in [0.2, 0.25) is 0 Å². The number of rotatable bonds is 5. The quantitative estimate of drug-likeness (QED) is 0.416. The van der Waals surface area contributed by atoms with Crippen LogP contribution in [0.3, 0.4) is 0 Å². The predicted molar refractivity (Wildman–Crippen MR) is 125 cm³/mol. The van der Waals surface area contributed by atoms with E-state index in [1.165, 1.54) is 12.1 Å². The average Bonchev–Trinajstić information content (AvgIpc) is 3.20. The molecule has 0 bridgehead atoms. The second-order valence-corrected chi connectivity index (χ2v) is 9.56. The van der Waals surface area contributed by atoms with E-state index in [1.807, 2.05) is 61.5 Å². The highest BCUT2D eigenvalue weighted by molar-refractivity contribution is 9.10. The molecule has 0 radical (unpaired) electrons. The van der Waals surface area contributed by atoms with Crippen molar-refractivity contribution in [3.63, 3.8) is 0 Å². The second-order valence-electron chi connectivity index (χ2n) is 7.12. The molecule has 0 spiro atoms. The van der Waals surface area contributed by atoms with Crippen LogP contribution in [0.1, 0.15) is 10.6 Å². The summed E-state index contributed by atoms with van der Waals surface area (Å²) in [7, 11) is -0.359. The van der Waals surface area contributed by atoms with E-state index in [-0.39, 0.29) is 10.7 Å². The maximum absolute atomic E-state index is 13.0. The average molecular weight is 499 g/mol. The van der Waals surface area contributed by atoms with Gasteiger partial charge in [-0.1, -0.05) is 48.5 Å². The molecule has 0 aliphatic carbocycles. The fourth-order valence-corrected chi connectivity index (χ4v) is 5.28. The largest absolute Gasteiger partial charge is 0.450 e. The molecular weight excluding hydrogens is 480 g/mol. The van der Waals surface area contributed by atoms with Crippen molar-refractivity contribution in [1.82, 2.24) is 4.72 Å². The number of fused-ring (bicyclic) bond motifs is 1. The van der Waals surface area contributed by atoms with Gasteiger partial charge in [-0.2, -0.15) is 0 Å². The second kappa shape index (κ2) is 8.20. The Hall–Kier alpha value is -3.10. The number of hydrogen-bond donors (Lipinski definition) is 1. The smallest absolute Gasteiger partial charge is 0.300 e. The number of anilines is 1.